The van der Waals surface area contributed by atoms with Gasteiger partial charge in [-0.3, -0.25) is 10.1 Å². The number of benzene rings is 1. The van der Waals surface area contributed by atoms with Gasteiger partial charge in [-0.15, -0.1) is 0 Å². The summed E-state index contributed by atoms with van der Waals surface area (Å²) in [6.07, 6.45) is 1.43. The molecule has 86 valence electrons. The van der Waals surface area contributed by atoms with Gasteiger partial charge in [0.05, 0.1) is 0 Å². The Kier molecular flexibility index (Phi) is 2.92. The lowest BCUT2D eigenvalue weighted by Gasteiger charge is -2.17. The fourth-order valence-corrected chi connectivity index (χ4v) is 2.16. The van der Waals surface area contributed by atoms with Crippen LogP contribution in [-0.4, -0.2) is 17.1 Å². The van der Waals surface area contributed by atoms with Crippen LogP contribution < -0.4 is 5.32 Å². The van der Waals surface area contributed by atoms with E-state index in [4.69, 9.17) is 5.11 Å². The molecular weight excluding hydrogens is 209 g/mol. The molecule has 4 heteroatoms. The number of nitrogens with one attached hydrogen (secondary N) is 1. The Morgan fingerprint density at radius 2 is 2.38 bits per heavy atom. The largest absolute Gasteiger partial charge is 0.480 e. The zero-order valence-electron chi connectivity index (χ0n) is 9.03. The van der Waals surface area contributed by atoms with Gasteiger partial charge in [-0.2, -0.15) is 0 Å². The Hall–Kier alpha value is -1.42. The lowest BCUT2D eigenvalue weighted by Crippen LogP contribution is -2.35. The summed E-state index contributed by atoms with van der Waals surface area (Å²) in [6, 6.07) is 4.31. The second kappa shape index (κ2) is 4.22. The highest BCUT2D eigenvalue weighted by Crippen LogP contribution is 2.32. The fraction of sp³-hybridized carbons (Fsp3) is 0.417. The maximum absolute atomic E-state index is 13.4. The summed E-state index contributed by atoms with van der Waals surface area (Å²) in [4.78, 5) is 10.7. The Morgan fingerprint density at radius 1 is 1.62 bits per heavy atom. The third-order valence-corrected chi connectivity index (χ3v) is 3.04. The Bertz CT molecular complexity index is 419. The van der Waals surface area contributed by atoms with Crippen molar-refractivity contribution in [1.29, 1.82) is 0 Å². The van der Waals surface area contributed by atoms with Gasteiger partial charge in [0, 0.05) is 6.04 Å². The van der Waals surface area contributed by atoms with Crippen LogP contribution in [-0.2, 0) is 11.2 Å². The van der Waals surface area contributed by atoms with E-state index in [2.05, 4.69) is 5.32 Å². The van der Waals surface area contributed by atoms with Crippen LogP contribution in [0.2, 0.25) is 0 Å². The molecule has 0 amide bonds. The minimum absolute atomic E-state index is 0.0446. The minimum atomic E-state index is -0.884. The van der Waals surface area contributed by atoms with Gasteiger partial charge >= 0.3 is 5.97 Å². The average Bonchev–Trinajstić information content (AvgIpc) is 2.63. The normalized spacial score (nSPS) is 20.5. The lowest BCUT2D eigenvalue weighted by molar-refractivity contribution is -0.139. The van der Waals surface area contributed by atoms with Gasteiger partial charge in [-0.1, -0.05) is 12.1 Å². The number of halogens is 1. The highest BCUT2D eigenvalue weighted by atomic mass is 19.1. The first-order valence-electron chi connectivity index (χ1n) is 5.35. The zero-order chi connectivity index (χ0) is 11.7. The van der Waals surface area contributed by atoms with Crippen molar-refractivity contribution in [3.63, 3.8) is 0 Å². The van der Waals surface area contributed by atoms with Crippen LogP contribution in [0.5, 0.6) is 0 Å². The molecule has 0 radical (unpaired) electrons. The van der Waals surface area contributed by atoms with Crippen molar-refractivity contribution in [1.82, 2.24) is 5.32 Å². The smallest absolute Gasteiger partial charge is 0.320 e. The molecule has 0 aliphatic heterocycles. The van der Waals surface area contributed by atoms with Crippen LogP contribution in [0.25, 0.3) is 0 Å². The number of hydrogen-bond acceptors (Lipinski definition) is 2. The third kappa shape index (κ3) is 1.93. The summed E-state index contributed by atoms with van der Waals surface area (Å²) in [5.74, 6) is -1.07. The van der Waals surface area contributed by atoms with Crippen LogP contribution in [0.15, 0.2) is 18.2 Å². The van der Waals surface area contributed by atoms with Crippen molar-refractivity contribution >= 4 is 5.97 Å². The molecule has 1 aliphatic carbocycles. The van der Waals surface area contributed by atoms with Gasteiger partial charge in [0.15, 0.2) is 0 Å². The summed E-state index contributed by atoms with van der Waals surface area (Å²) in [7, 11) is 0. The van der Waals surface area contributed by atoms with E-state index in [1.165, 1.54) is 6.07 Å². The molecular formula is C12H14FNO2. The van der Waals surface area contributed by atoms with E-state index in [9.17, 15) is 9.18 Å². The summed E-state index contributed by atoms with van der Waals surface area (Å²) in [6.45, 7) is 1.60. The molecule has 0 saturated heterocycles. The van der Waals surface area contributed by atoms with E-state index in [0.717, 1.165) is 17.5 Å². The Morgan fingerprint density at radius 3 is 3.06 bits per heavy atom. The molecule has 2 atom stereocenters. The molecule has 0 bridgehead atoms. The predicted octanol–water partition coefficient (Wildman–Crippen LogP) is 1.88. The summed E-state index contributed by atoms with van der Waals surface area (Å²) in [5, 5.41) is 11.8. The molecule has 0 fully saturated rings. The number of fused-ring (bicyclic) bond motifs is 1. The van der Waals surface area contributed by atoms with Crippen molar-refractivity contribution in [3.05, 3.63) is 35.1 Å². The SMILES string of the molecule is CC(NC1CCc2c(F)cccc21)C(=O)O. The van der Waals surface area contributed by atoms with Crippen LogP contribution in [0.1, 0.15) is 30.5 Å². The van der Waals surface area contributed by atoms with Crippen LogP contribution in [0, 0.1) is 5.82 Å². The van der Waals surface area contributed by atoms with Crippen LogP contribution in [0.4, 0.5) is 4.39 Å². The quantitative estimate of drug-likeness (QED) is 0.822. The maximum Gasteiger partial charge on any atom is 0.320 e. The first-order valence-corrected chi connectivity index (χ1v) is 5.35. The topological polar surface area (TPSA) is 49.3 Å². The van der Waals surface area contributed by atoms with Crippen molar-refractivity contribution < 1.29 is 14.3 Å². The minimum Gasteiger partial charge on any atom is -0.480 e. The first-order chi connectivity index (χ1) is 7.59. The second-order valence-electron chi connectivity index (χ2n) is 4.13. The van der Waals surface area contributed by atoms with Gasteiger partial charge in [0.25, 0.3) is 0 Å². The van der Waals surface area contributed by atoms with E-state index < -0.39 is 12.0 Å². The highest BCUT2D eigenvalue weighted by molar-refractivity contribution is 5.73. The van der Waals surface area contributed by atoms with Crippen LogP contribution >= 0.6 is 0 Å². The Balaban J connectivity index is 2.18. The summed E-state index contributed by atoms with van der Waals surface area (Å²) >= 11 is 0. The van der Waals surface area contributed by atoms with Crippen LogP contribution in [0.3, 0.4) is 0 Å². The standard InChI is InChI=1S/C12H14FNO2/c1-7(12(15)16)14-11-6-5-8-9(11)3-2-4-10(8)13/h2-4,7,11,14H,5-6H2,1H3,(H,15,16). The number of carboxylic acids is 1. The van der Waals surface area contributed by atoms with Gasteiger partial charge in [-0.25, -0.2) is 4.39 Å². The van der Waals surface area contributed by atoms with Crippen molar-refractivity contribution in [3.8, 4) is 0 Å². The number of aliphatic carboxylic acids is 1. The monoisotopic (exact) mass is 223 g/mol. The predicted molar refractivity (Wildman–Crippen MR) is 57.7 cm³/mol. The molecule has 0 saturated carbocycles. The van der Waals surface area contributed by atoms with E-state index in [-0.39, 0.29) is 11.9 Å². The molecule has 3 nitrogen and oxygen atoms in total. The number of carbonyl (C=O) groups is 1. The molecule has 2 N–H and O–H groups in total. The van der Waals surface area contributed by atoms with E-state index in [1.54, 1.807) is 13.0 Å². The van der Waals surface area contributed by atoms with E-state index >= 15 is 0 Å². The molecule has 2 unspecified atom stereocenters. The molecule has 1 aromatic rings. The molecule has 1 aromatic carbocycles. The van der Waals surface area contributed by atoms with E-state index in [0.29, 0.717) is 6.42 Å². The molecule has 1 aliphatic rings. The van der Waals surface area contributed by atoms with Gasteiger partial charge in [0.1, 0.15) is 11.9 Å². The first kappa shape index (κ1) is 11.1. The summed E-state index contributed by atoms with van der Waals surface area (Å²) in [5.41, 5.74) is 1.62. The fourth-order valence-electron chi connectivity index (χ4n) is 2.16. The zero-order valence-corrected chi connectivity index (χ0v) is 9.03. The highest BCUT2D eigenvalue weighted by Gasteiger charge is 2.27. The third-order valence-electron chi connectivity index (χ3n) is 3.04. The van der Waals surface area contributed by atoms with Crippen molar-refractivity contribution in [2.45, 2.75) is 31.8 Å². The van der Waals surface area contributed by atoms with Gasteiger partial charge in [-0.05, 0) is 37.0 Å². The Labute approximate surface area is 93.3 Å². The maximum atomic E-state index is 13.4. The molecule has 2 rings (SSSR count). The summed E-state index contributed by atoms with van der Waals surface area (Å²) < 4.78 is 13.4. The molecule has 0 heterocycles. The number of carboxylic acid groups (broad SMARTS) is 1. The molecule has 16 heavy (non-hydrogen) atoms. The lowest BCUT2D eigenvalue weighted by atomic mass is 10.1. The number of hydrogen-bond donors (Lipinski definition) is 2. The van der Waals surface area contributed by atoms with Crippen molar-refractivity contribution in [2.24, 2.45) is 0 Å². The van der Waals surface area contributed by atoms with E-state index in [1.807, 2.05) is 6.07 Å². The van der Waals surface area contributed by atoms with Crippen molar-refractivity contribution in [2.75, 3.05) is 0 Å². The second-order valence-corrected chi connectivity index (χ2v) is 4.13. The van der Waals surface area contributed by atoms with Gasteiger partial charge in [0.2, 0.25) is 0 Å². The molecule has 0 aromatic heterocycles. The average molecular weight is 223 g/mol. The molecule has 0 spiro atoms. The number of rotatable bonds is 3. The van der Waals surface area contributed by atoms with Gasteiger partial charge < -0.3 is 5.11 Å².